The minimum atomic E-state index is -0.323. The van der Waals surface area contributed by atoms with Crippen LogP contribution in [-0.4, -0.2) is 0 Å². The number of hydrogen-bond donors (Lipinski definition) is 1. The molecule has 0 unspecified atom stereocenters. The van der Waals surface area contributed by atoms with Crippen molar-refractivity contribution in [2.75, 3.05) is 5.73 Å². The van der Waals surface area contributed by atoms with Crippen molar-refractivity contribution in [3.05, 3.63) is 54.3 Å². The summed E-state index contributed by atoms with van der Waals surface area (Å²) in [5.41, 5.74) is 6.20. The summed E-state index contributed by atoms with van der Waals surface area (Å²) in [5.74, 6) is 0.734. The van der Waals surface area contributed by atoms with E-state index in [0.717, 1.165) is 0 Å². The van der Waals surface area contributed by atoms with Gasteiger partial charge in [0.05, 0.1) is 0 Å². The first kappa shape index (κ1) is 9.52. The van der Waals surface area contributed by atoms with Gasteiger partial charge in [-0.1, -0.05) is 12.1 Å². The van der Waals surface area contributed by atoms with Gasteiger partial charge in [-0.3, -0.25) is 0 Å². The predicted molar refractivity (Wildman–Crippen MR) is 57.3 cm³/mol. The Morgan fingerprint density at radius 1 is 0.933 bits per heavy atom. The van der Waals surface area contributed by atoms with Crippen molar-refractivity contribution < 1.29 is 9.13 Å². The molecule has 2 N–H and O–H groups in total. The Hall–Kier alpha value is -2.03. The van der Waals surface area contributed by atoms with Gasteiger partial charge in [0.2, 0.25) is 0 Å². The third-order valence-electron chi connectivity index (χ3n) is 1.89. The average Bonchev–Trinajstić information content (AvgIpc) is 2.17. The highest BCUT2D eigenvalue weighted by Gasteiger charge is 1.98. The summed E-state index contributed by atoms with van der Waals surface area (Å²) in [6.07, 6.45) is 0. The molecular formula is C12H10FNO. The van der Waals surface area contributed by atoms with Gasteiger partial charge in [0.25, 0.3) is 0 Å². The highest BCUT2D eigenvalue weighted by molar-refractivity contribution is 5.45. The van der Waals surface area contributed by atoms with Crippen molar-refractivity contribution in [2.24, 2.45) is 0 Å². The molecule has 0 aliphatic carbocycles. The summed E-state index contributed by atoms with van der Waals surface area (Å²) in [5, 5.41) is 0. The zero-order valence-corrected chi connectivity index (χ0v) is 7.98. The third-order valence-corrected chi connectivity index (χ3v) is 1.89. The molecule has 0 amide bonds. The number of benzene rings is 2. The molecule has 2 aromatic carbocycles. The molecule has 0 atom stereocenters. The van der Waals surface area contributed by atoms with Crippen molar-refractivity contribution in [2.45, 2.75) is 0 Å². The smallest absolute Gasteiger partial charge is 0.130 e. The summed E-state index contributed by atoms with van der Waals surface area (Å²) < 4.78 is 18.3. The van der Waals surface area contributed by atoms with E-state index in [1.54, 1.807) is 36.4 Å². The minimum absolute atomic E-state index is 0.323. The lowest BCUT2D eigenvalue weighted by Gasteiger charge is -2.05. The van der Waals surface area contributed by atoms with Crippen molar-refractivity contribution in [3.63, 3.8) is 0 Å². The third kappa shape index (κ3) is 2.47. The van der Waals surface area contributed by atoms with E-state index in [-0.39, 0.29) is 5.82 Å². The van der Waals surface area contributed by atoms with E-state index in [0.29, 0.717) is 17.2 Å². The van der Waals surface area contributed by atoms with Crippen LogP contribution in [0.3, 0.4) is 0 Å². The van der Waals surface area contributed by atoms with E-state index in [2.05, 4.69) is 0 Å². The van der Waals surface area contributed by atoms with Gasteiger partial charge in [0.1, 0.15) is 17.3 Å². The number of hydrogen-bond acceptors (Lipinski definition) is 2. The van der Waals surface area contributed by atoms with Gasteiger partial charge in [-0.15, -0.1) is 0 Å². The summed E-state index contributed by atoms with van der Waals surface area (Å²) in [6, 6.07) is 13.0. The van der Waals surface area contributed by atoms with E-state index in [4.69, 9.17) is 10.5 Å². The van der Waals surface area contributed by atoms with E-state index in [1.165, 1.54) is 12.1 Å². The Balaban J connectivity index is 2.22. The van der Waals surface area contributed by atoms with Crippen LogP contribution in [0.2, 0.25) is 0 Å². The Kier molecular flexibility index (Phi) is 2.54. The van der Waals surface area contributed by atoms with Crippen molar-refractivity contribution in [1.29, 1.82) is 0 Å². The summed E-state index contributed by atoms with van der Waals surface area (Å²) in [6.45, 7) is 0. The maximum atomic E-state index is 12.8. The lowest BCUT2D eigenvalue weighted by Crippen LogP contribution is -1.87. The molecule has 0 saturated heterocycles. The fraction of sp³-hybridized carbons (Fsp3) is 0. The zero-order chi connectivity index (χ0) is 10.7. The molecule has 2 aromatic rings. The molecule has 0 saturated carbocycles. The first-order valence-electron chi connectivity index (χ1n) is 4.53. The van der Waals surface area contributed by atoms with Crippen LogP contribution in [0.1, 0.15) is 0 Å². The van der Waals surface area contributed by atoms with E-state index in [9.17, 15) is 4.39 Å². The summed E-state index contributed by atoms with van der Waals surface area (Å²) >= 11 is 0. The summed E-state index contributed by atoms with van der Waals surface area (Å²) in [4.78, 5) is 0. The number of anilines is 1. The highest BCUT2D eigenvalue weighted by atomic mass is 19.1. The topological polar surface area (TPSA) is 35.2 Å². The van der Waals surface area contributed by atoms with Crippen LogP contribution in [0.5, 0.6) is 11.5 Å². The van der Waals surface area contributed by atoms with Gasteiger partial charge in [-0.25, -0.2) is 4.39 Å². The zero-order valence-electron chi connectivity index (χ0n) is 7.98. The second-order valence-corrected chi connectivity index (χ2v) is 3.13. The van der Waals surface area contributed by atoms with Crippen molar-refractivity contribution >= 4 is 5.69 Å². The molecule has 0 aliphatic rings. The number of halogens is 1. The van der Waals surface area contributed by atoms with Gasteiger partial charge in [-0.05, 0) is 24.3 Å². The maximum absolute atomic E-state index is 12.8. The normalized spacial score (nSPS) is 9.93. The van der Waals surface area contributed by atoms with E-state index >= 15 is 0 Å². The maximum Gasteiger partial charge on any atom is 0.130 e. The molecule has 15 heavy (non-hydrogen) atoms. The fourth-order valence-corrected chi connectivity index (χ4v) is 1.24. The fourth-order valence-electron chi connectivity index (χ4n) is 1.24. The molecular weight excluding hydrogens is 193 g/mol. The first-order chi connectivity index (χ1) is 7.24. The molecule has 76 valence electrons. The van der Waals surface area contributed by atoms with Crippen LogP contribution in [0, 0.1) is 5.82 Å². The number of nitrogen functional groups attached to an aromatic ring is 1. The van der Waals surface area contributed by atoms with Gasteiger partial charge in [0.15, 0.2) is 0 Å². The van der Waals surface area contributed by atoms with Crippen molar-refractivity contribution in [3.8, 4) is 11.5 Å². The van der Waals surface area contributed by atoms with Gasteiger partial charge < -0.3 is 10.5 Å². The Morgan fingerprint density at radius 3 is 2.27 bits per heavy atom. The molecule has 0 aromatic heterocycles. The largest absolute Gasteiger partial charge is 0.457 e. The number of ether oxygens (including phenoxy) is 1. The van der Waals surface area contributed by atoms with Crippen LogP contribution in [0.15, 0.2) is 48.5 Å². The Bertz CT molecular complexity index is 427. The standard InChI is InChI=1S/C12H10FNO/c13-9-3-1-5-11(7-9)15-12-6-2-4-10(14)8-12/h1-8H,14H2. The molecule has 3 heteroatoms. The van der Waals surface area contributed by atoms with Gasteiger partial charge in [0, 0.05) is 17.8 Å². The number of rotatable bonds is 2. The molecule has 0 fully saturated rings. The van der Waals surface area contributed by atoms with Crippen molar-refractivity contribution in [1.82, 2.24) is 0 Å². The second kappa shape index (κ2) is 4.00. The summed E-state index contributed by atoms with van der Waals surface area (Å²) in [7, 11) is 0. The van der Waals surface area contributed by atoms with Crippen LogP contribution in [-0.2, 0) is 0 Å². The first-order valence-corrected chi connectivity index (χ1v) is 4.53. The average molecular weight is 203 g/mol. The van der Waals surface area contributed by atoms with Crippen LogP contribution in [0.4, 0.5) is 10.1 Å². The highest BCUT2D eigenvalue weighted by Crippen LogP contribution is 2.23. The quantitative estimate of drug-likeness (QED) is 0.760. The Morgan fingerprint density at radius 2 is 1.60 bits per heavy atom. The molecule has 2 rings (SSSR count). The lowest BCUT2D eigenvalue weighted by molar-refractivity contribution is 0.477. The molecule has 2 nitrogen and oxygen atoms in total. The molecule has 0 spiro atoms. The monoisotopic (exact) mass is 203 g/mol. The molecule has 0 bridgehead atoms. The van der Waals surface area contributed by atoms with E-state index < -0.39 is 0 Å². The Labute approximate surface area is 87.1 Å². The number of nitrogens with two attached hydrogens (primary N) is 1. The lowest BCUT2D eigenvalue weighted by atomic mass is 10.3. The van der Waals surface area contributed by atoms with E-state index in [1.807, 2.05) is 0 Å². The molecule has 0 heterocycles. The second-order valence-electron chi connectivity index (χ2n) is 3.13. The SMILES string of the molecule is Nc1cccc(Oc2cccc(F)c2)c1. The van der Waals surface area contributed by atoms with Gasteiger partial charge in [-0.2, -0.15) is 0 Å². The minimum Gasteiger partial charge on any atom is -0.457 e. The van der Waals surface area contributed by atoms with Crippen LogP contribution in [0.25, 0.3) is 0 Å². The molecule has 0 radical (unpaired) electrons. The molecule has 0 aliphatic heterocycles. The van der Waals surface area contributed by atoms with Crippen LogP contribution < -0.4 is 10.5 Å². The van der Waals surface area contributed by atoms with Gasteiger partial charge >= 0.3 is 0 Å². The predicted octanol–water partition coefficient (Wildman–Crippen LogP) is 3.20. The van der Waals surface area contributed by atoms with Crippen LogP contribution >= 0.6 is 0 Å².